The molecule has 0 heterocycles. The molecule has 1 N–H and O–H groups in total. The summed E-state index contributed by atoms with van der Waals surface area (Å²) in [4.78, 5) is 11.5. The Bertz CT molecular complexity index is 394. The van der Waals surface area contributed by atoms with E-state index in [1.807, 2.05) is 12.1 Å². The van der Waals surface area contributed by atoms with E-state index in [4.69, 9.17) is 16.3 Å². The Morgan fingerprint density at radius 1 is 1.47 bits per heavy atom. The second kappa shape index (κ2) is 6.47. The van der Waals surface area contributed by atoms with Crippen LogP contribution in [0.1, 0.15) is 12.0 Å². The molecular formula is C12H17ClN2O2. The third-order valence-electron chi connectivity index (χ3n) is 2.21. The van der Waals surface area contributed by atoms with Crippen LogP contribution in [0.5, 0.6) is 5.75 Å². The number of benzene rings is 1. The van der Waals surface area contributed by atoms with Crippen LogP contribution >= 0.6 is 11.6 Å². The number of halogens is 1. The Hall–Kier alpha value is -1.26. The molecule has 0 aliphatic heterocycles. The molecular weight excluding hydrogens is 240 g/mol. The first kappa shape index (κ1) is 13.8. The first-order valence-corrected chi connectivity index (χ1v) is 5.70. The zero-order valence-corrected chi connectivity index (χ0v) is 11.0. The summed E-state index contributed by atoms with van der Waals surface area (Å²) in [7, 11) is 5.16. The topological polar surface area (TPSA) is 41.6 Å². The first-order valence-electron chi connectivity index (χ1n) is 5.32. The lowest BCUT2D eigenvalue weighted by atomic mass is 10.1. The highest BCUT2D eigenvalue weighted by Gasteiger charge is 2.07. The molecule has 0 saturated heterocycles. The molecule has 4 nitrogen and oxygen atoms in total. The summed E-state index contributed by atoms with van der Waals surface area (Å²) >= 11 is 5.91. The summed E-state index contributed by atoms with van der Waals surface area (Å²) in [6.07, 6.45) is 0.998. The summed E-state index contributed by atoms with van der Waals surface area (Å²) in [6.45, 7) is 0. The van der Waals surface area contributed by atoms with E-state index in [1.165, 1.54) is 0 Å². The summed E-state index contributed by atoms with van der Waals surface area (Å²) in [6, 6.07) is 5.40. The van der Waals surface area contributed by atoms with Gasteiger partial charge in [-0.15, -0.1) is 0 Å². The minimum atomic E-state index is -0.0305. The smallest absolute Gasteiger partial charge is 0.234 e. The fraction of sp³-hybridized carbons (Fsp3) is 0.417. The van der Waals surface area contributed by atoms with Gasteiger partial charge in [-0.05, 0) is 30.2 Å². The molecule has 0 unspecified atom stereocenters. The molecule has 17 heavy (non-hydrogen) atoms. The molecule has 0 radical (unpaired) electrons. The maximum Gasteiger partial charge on any atom is 0.234 e. The third-order valence-corrected chi connectivity index (χ3v) is 2.45. The molecule has 0 spiro atoms. The summed E-state index contributed by atoms with van der Waals surface area (Å²) < 4.78 is 5.21. The average Bonchev–Trinajstić information content (AvgIpc) is 2.25. The van der Waals surface area contributed by atoms with Crippen LogP contribution in [0.2, 0.25) is 5.02 Å². The molecule has 0 aliphatic rings. The molecule has 0 bridgehead atoms. The van der Waals surface area contributed by atoms with E-state index in [9.17, 15) is 4.79 Å². The molecule has 1 aromatic carbocycles. The maximum absolute atomic E-state index is 11.5. The Balaban J connectivity index is 2.62. The zero-order chi connectivity index (χ0) is 12.8. The monoisotopic (exact) mass is 256 g/mol. The number of amides is 1. The molecule has 1 rings (SSSR count). The summed E-state index contributed by atoms with van der Waals surface area (Å²) in [5.74, 6) is 0.726. The number of nitrogens with one attached hydrogen (secondary N) is 1. The van der Waals surface area contributed by atoms with Crippen molar-refractivity contribution in [3.8, 4) is 5.75 Å². The molecule has 0 saturated carbocycles. The van der Waals surface area contributed by atoms with E-state index in [2.05, 4.69) is 5.43 Å². The van der Waals surface area contributed by atoms with Crippen LogP contribution in [0, 0.1) is 0 Å². The van der Waals surface area contributed by atoms with Crippen molar-refractivity contribution in [3.05, 3.63) is 28.8 Å². The van der Waals surface area contributed by atoms with Crippen LogP contribution in [0.3, 0.4) is 0 Å². The van der Waals surface area contributed by atoms with Crippen LogP contribution in [0.4, 0.5) is 0 Å². The van der Waals surface area contributed by atoms with E-state index in [0.29, 0.717) is 17.9 Å². The van der Waals surface area contributed by atoms with E-state index >= 15 is 0 Å². The highest BCUT2D eigenvalue weighted by molar-refractivity contribution is 6.30. The molecule has 0 aliphatic carbocycles. The number of nitrogens with zero attached hydrogens (tertiary/aromatic N) is 1. The lowest BCUT2D eigenvalue weighted by Crippen LogP contribution is -2.36. The highest BCUT2D eigenvalue weighted by Crippen LogP contribution is 2.23. The van der Waals surface area contributed by atoms with E-state index in [1.54, 1.807) is 32.3 Å². The van der Waals surface area contributed by atoms with Gasteiger partial charge in [0, 0.05) is 25.5 Å². The van der Waals surface area contributed by atoms with Gasteiger partial charge in [0.2, 0.25) is 5.91 Å². The van der Waals surface area contributed by atoms with Gasteiger partial charge < -0.3 is 4.74 Å². The van der Waals surface area contributed by atoms with Gasteiger partial charge in [-0.1, -0.05) is 11.6 Å². The number of hydrogen-bond acceptors (Lipinski definition) is 3. The van der Waals surface area contributed by atoms with Gasteiger partial charge in [0.25, 0.3) is 0 Å². The fourth-order valence-electron chi connectivity index (χ4n) is 1.50. The van der Waals surface area contributed by atoms with Gasteiger partial charge in [-0.3, -0.25) is 10.2 Å². The highest BCUT2D eigenvalue weighted by atomic mass is 35.5. The van der Waals surface area contributed by atoms with Crippen molar-refractivity contribution < 1.29 is 9.53 Å². The molecule has 0 atom stereocenters. The first-order chi connectivity index (χ1) is 8.02. The number of aryl methyl sites for hydroxylation is 1. The van der Waals surface area contributed by atoms with E-state index < -0.39 is 0 Å². The fourth-order valence-corrected chi connectivity index (χ4v) is 1.69. The van der Waals surface area contributed by atoms with Crippen LogP contribution in [-0.4, -0.2) is 32.1 Å². The minimum Gasteiger partial charge on any atom is -0.496 e. The summed E-state index contributed by atoms with van der Waals surface area (Å²) in [5, 5.41) is 2.27. The van der Waals surface area contributed by atoms with Crippen LogP contribution in [0.15, 0.2) is 18.2 Å². The average molecular weight is 257 g/mol. The van der Waals surface area contributed by atoms with Gasteiger partial charge >= 0.3 is 0 Å². The van der Waals surface area contributed by atoms with Gasteiger partial charge in [0.05, 0.1) is 7.11 Å². The van der Waals surface area contributed by atoms with Crippen LogP contribution < -0.4 is 10.2 Å². The Morgan fingerprint density at radius 3 is 2.76 bits per heavy atom. The minimum absolute atomic E-state index is 0.0305. The lowest BCUT2D eigenvalue weighted by Gasteiger charge is -2.12. The SMILES string of the molecule is COc1ccc(Cl)cc1CCC(=O)NN(C)C. The Morgan fingerprint density at radius 2 is 2.18 bits per heavy atom. The predicted molar refractivity (Wildman–Crippen MR) is 68.2 cm³/mol. The van der Waals surface area contributed by atoms with Crippen molar-refractivity contribution in [2.24, 2.45) is 0 Å². The largest absolute Gasteiger partial charge is 0.496 e. The molecule has 1 aromatic rings. The Kier molecular flexibility index (Phi) is 5.25. The van der Waals surface area contributed by atoms with Crippen molar-refractivity contribution in [1.82, 2.24) is 10.4 Å². The van der Waals surface area contributed by atoms with Crippen LogP contribution in [-0.2, 0) is 11.2 Å². The number of carbonyl (C=O) groups excluding carboxylic acids is 1. The number of hydrogen-bond donors (Lipinski definition) is 1. The van der Waals surface area contributed by atoms with Gasteiger partial charge in [0.1, 0.15) is 5.75 Å². The normalized spacial score (nSPS) is 10.4. The molecule has 94 valence electrons. The van der Waals surface area contributed by atoms with Crippen molar-refractivity contribution in [1.29, 1.82) is 0 Å². The van der Waals surface area contributed by atoms with Crippen molar-refractivity contribution in [2.45, 2.75) is 12.8 Å². The number of hydrazine groups is 1. The van der Waals surface area contributed by atoms with E-state index in [0.717, 1.165) is 11.3 Å². The third kappa shape index (κ3) is 4.63. The zero-order valence-electron chi connectivity index (χ0n) is 10.3. The second-order valence-electron chi connectivity index (χ2n) is 3.89. The quantitative estimate of drug-likeness (QED) is 0.818. The van der Waals surface area contributed by atoms with Crippen LogP contribution in [0.25, 0.3) is 0 Å². The summed E-state index contributed by atoms with van der Waals surface area (Å²) in [5.41, 5.74) is 3.62. The van der Waals surface area contributed by atoms with E-state index in [-0.39, 0.29) is 5.91 Å². The van der Waals surface area contributed by atoms with Crippen molar-refractivity contribution >= 4 is 17.5 Å². The number of carbonyl (C=O) groups is 1. The maximum atomic E-state index is 11.5. The molecule has 5 heteroatoms. The van der Waals surface area contributed by atoms with Crippen molar-refractivity contribution in [2.75, 3.05) is 21.2 Å². The molecule has 0 fully saturated rings. The number of ether oxygens (including phenoxy) is 1. The number of methoxy groups -OCH3 is 1. The second-order valence-corrected chi connectivity index (χ2v) is 4.32. The van der Waals surface area contributed by atoms with Crippen molar-refractivity contribution in [3.63, 3.8) is 0 Å². The van der Waals surface area contributed by atoms with Gasteiger partial charge in [-0.25, -0.2) is 5.01 Å². The standard InChI is InChI=1S/C12H17ClN2O2/c1-15(2)14-12(16)7-4-9-8-10(13)5-6-11(9)17-3/h5-6,8H,4,7H2,1-3H3,(H,14,16). The predicted octanol–water partition coefficient (Wildman–Crippen LogP) is 1.87. The number of rotatable bonds is 5. The molecule has 0 aromatic heterocycles. The van der Waals surface area contributed by atoms with Gasteiger partial charge in [-0.2, -0.15) is 0 Å². The Labute approximate surface area is 106 Å². The van der Waals surface area contributed by atoms with Gasteiger partial charge in [0.15, 0.2) is 0 Å². The lowest BCUT2D eigenvalue weighted by molar-refractivity contribution is -0.124. The molecule has 1 amide bonds.